The first-order chi connectivity index (χ1) is 10.3. The minimum absolute atomic E-state index is 0.00981. The highest BCUT2D eigenvalue weighted by molar-refractivity contribution is 5.82. The summed E-state index contributed by atoms with van der Waals surface area (Å²) >= 11 is 0. The van der Waals surface area contributed by atoms with E-state index in [2.05, 4.69) is 0 Å². The second kappa shape index (κ2) is 6.22. The molecule has 116 valence electrons. The van der Waals surface area contributed by atoms with E-state index in [-0.39, 0.29) is 11.5 Å². The maximum atomic E-state index is 12.7. The molecule has 0 fully saturated rings. The maximum absolute atomic E-state index is 12.7. The molecule has 0 saturated carbocycles. The Morgan fingerprint density at radius 2 is 1.73 bits per heavy atom. The number of benzene rings is 2. The molecular formula is C17H15F3O2. The molecule has 0 radical (unpaired) electrons. The van der Waals surface area contributed by atoms with Gasteiger partial charge >= 0.3 is 6.18 Å². The van der Waals surface area contributed by atoms with E-state index in [1.54, 1.807) is 12.1 Å². The molecule has 1 unspecified atom stereocenters. The Labute approximate surface area is 126 Å². The van der Waals surface area contributed by atoms with Gasteiger partial charge in [0.15, 0.2) is 11.9 Å². The highest BCUT2D eigenvalue weighted by atomic mass is 19.4. The van der Waals surface area contributed by atoms with E-state index in [0.29, 0.717) is 5.56 Å². The lowest BCUT2D eigenvalue weighted by Crippen LogP contribution is -2.16. The van der Waals surface area contributed by atoms with Crippen LogP contribution >= 0.6 is 0 Å². The van der Waals surface area contributed by atoms with Crippen LogP contribution in [0.1, 0.15) is 29.7 Å². The third-order valence-corrected chi connectivity index (χ3v) is 3.16. The monoisotopic (exact) mass is 308 g/mol. The summed E-state index contributed by atoms with van der Waals surface area (Å²) in [7, 11) is 0. The number of carbonyl (C=O) groups excluding carboxylic acids is 1. The van der Waals surface area contributed by atoms with E-state index in [9.17, 15) is 18.0 Å². The van der Waals surface area contributed by atoms with Gasteiger partial charge in [-0.3, -0.25) is 4.79 Å². The predicted molar refractivity (Wildman–Crippen MR) is 76.7 cm³/mol. The van der Waals surface area contributed by atoms with E-state index in [1.807, 2.05) is 19.1 Å². The Hall–Kier alpha value is -2.30. The summed E-state index contributed by atoms with van der Waals surface area (Å²) in [6.07, 6.45) is -5.38. The number of hydrogen-bond acceptors (Lipinski definition) is 2. The van der Waals surface area contributed by atoms with Crippen LogP contribution in [0.25, 0.3) is 0 Å². The number of hydrogen-bond donors (Lipinski definition) is 0. The zero-order valence-electron chi connectivity index (χ0n) is 12.1. The number of alkyl halides is 3. The largest absolute Gasteiger partial charge is 0.478 e. The van der Waals surface area contributed by atoms with E-state index in [0.717, 1.165) is 17.7 Å². The fourth-order valence-corrected chi connectivity index (χ4v) is 2.01. The maximum Gasteiger partial charge on any atom is 0.416 e. The van der Waals surface area contributed by atoms with Gasteiger partial charge in [0.25, 0.3) is 0 Å². The van der Waals surface area contributed by atoms with Crippen molar-refractivity contribution in [3.8, 4) is 5.75 Å². The van der Waals surface area contributed by atoms with E-state index >= 15 is 0 Å². The molecule has 0 heterocycles. The first-order valence-corrected chi connectivity index (χ1v) is 6.68. The lowest BCUT2D eigenvalue weighted by molar-refractivity contribution is -0.137. The zero-order valence-corrected chi connectivity index (χ0v) is 12.1. The van der Waals surface area contributed by atoms with Crippen LogP contribution in [0.5, 0.6) is 5.75 Å². The first kappa shape index (κ1) is 16.1. The molecule has 0 saturated heterocycles. The van der Waals surface area contributed by atoms with Crippen LogP contribution in [-0.4, -0.2) is 5.78 Å². The summed E-state index contributed by atoms with van der Waals surface area (Å²) in [4.78, 5) is 11.8. The topological polar surface area (TPSA) is 26.3 Å². The van der Waals surface area contributed by atoms with Gasteiger partial charge in [-0.05, 0) is 37.6 Å². The summed E-state index contributed by atoms with van der Waals surface area (Å²) in [6.45, 7) is 3.25. The fourth-order valence-electron chi connectivity index (χ4n) is 2.01. The normalized spacial score (nSPS) is 12.8. The van der Waals surface area contributed by atoms with Crippen molar-refractivity contribution in [2.75, 3.05) is 0 Å². The highest BCUT2D eigenvalue weighted by Gasteiger charge is 2.31. The van der Waals surface area contributed by atoms with Gasteiger partial charge in [0.05, 0.1) is 5.56 Å². The average molecular weight is 308 g/mol. The Morgan fingerprint density at radius 3 is 2.27 bits per heavy atom. The second-order valence-corrected chi connectivity index (χ2v) is 5.04. The molecule has 0 N–H and O–H groups in total. The van der Waals surface area contributed by atoms with Crippen LogP contribution < -0.4 is 4.74 Å². The van der Waals surface area contributed by atoms with Crippen LogP contribution in [0.2, 0.25) is 0 Å². The molecule has 22 heavy (non-hydrogen) atoms. The van der Waals surface area contributed by atoms with Crippen molar-refractivity contribution in [3.63, 3.8) is 0 Å². The van der Waals surface area contributed by atoms with E-state index in [4.69, 9.17) is 4.74 Å². The Kier molecular flexibility index (Phi) is 4.54. The molecular weight excluding hydrogens is 293 g/mol. The highest BCUT2D eigenvalue weighted by Crippen LogP contribution is 2.32. The fraction of sp³-hybridized carbons (Fsp3) is 0.235. The zero-order chi connectivity index (χ0) is 16.3. The van der Waals surface area contributed by atoms with Crippen LogP contribution in [-0.2, 0) is 11.0 Å². The quantitative estimate of drug-likeness (QED) is 0.816. The number of aryl methyl sites for hydroxylation is 1. The molecule has 0 spiro atoms. The number of rotatable bonds is 4. The molecule has 0 aliphatic carbocycles. The van der Waals surface area contributed by atoms with Gasteiger partial charge in [0.2, 0.25) is 0 Å². The van der Waals surface area contributed by atoms with Gasteiger partial charge < -0.3 is 4.74 Å². The minimum Gasteiger partial charge on any atom is -0.478 e. The molecule has 0 aliphatic heterocycles. The van der Waals surface area contributed by atoms with Crippen LogP contribution in [0, 0.1) is 6.92 Å². The molecule has 0 bridgehead atoms. The van der Waals surface area contributed by atoms with Gasteiger partial charge in [-0.25, -0.2) is 0 Å². The molecule has 0 amide bonds. The minimum atomic E-state index is -4.45. The number of ether oxygens (including phenoxy) is 1. The summed E-state index contributed by atoms with van der Waals surface area (Å²) in [5, 5.41) is 0. The molecule has 2 rings (SSSR count). The van der Waals surface area contributed by atoms with Crippen molar-refractivity contribution in [2.24, 2.45) is 0 Å². The SMILES string of the molecule is CC(=O)C(Oc1cccc(C(F)(F)F)c1)c1ccc(C)cc1. The smallest absolute Gasteiger partial charge is 0.416 e. The summed E-state index contributed by atoms with van der Waals surface area (Å²) in [6, 6.07) is 11.6. The third kappa shape index (κ3) is 3.87. The summed E-state index contributed by atoms with van der Waals surface area (Å²) in [5.74, 6) is -0.267. The molecule has 2 aromatic rings. The Morgan fingerprint density at radius 1 is 1.09 bits per heavy atom. The van der Waals surface area contributed by atoms with Gasteiger partial charge in [0.1, 0.15) is 5.75 Å². The second-order valence-electron chi connectivity index (χ2n) is 5.04. The lowest BCUT2D eigenvalue weighted by atomic mass is 10.0. The van der Waals surface area contributed by atoms with Crippen molar-refractivity contribution in [2.45, 2.75) is 26.1 Å². The van der Waals surface area contributed by atoms with Crippen LogP contribution in [0.15, 0.2) is 48.5 Å². The van der Waals surface area contributed by atoms with Crippen LogP contribution in [0.4, 0.5) is 13.2 Å². The third-order valence-electron chi connectivity index (χ3n) is 3.16. The van der Waals surface area contributed by atoms with Crippen molar-refractivity contribution < 1.29 is 22.7 Å². The standard InChI is InChI=1S/C17H15F3O2/c1-11-6-8-13(9-7-11)16(12(2)21)22-15-5-3-4-14(10-15)17(18,19)20/h3-10,16H,1-2H3. The molecule has 5 heteroatoms. The first-order valence-electron chi connectivity index (χ1n) is 6.68. The average Bonchev–Trinajstić information content (AvgIpc) is 2.45. The number of carbonyl (C=O) groups is 1. The Balaban J connectivity index is 2.29. The number of ketones is 1. The van der Waals surface area contributed by atoms with Crippen molar-refractivity contribution in [1.29, 1.82) is 0 Å². The number of halogens is 3. The molecule has 1 atom stereocenters. The van der Waals surface area contributed by atoms with E-state index in [1.165, 1.54) is 19.1 Å². The molecule has 2 nitrogen and oxygen atoms in total. The van der Waals surface area contributed by atoms with Crippen molar-refractivity contribution in [3.05, 3.63) is 65.2 Å². The predicted octanol–water partition coefficient (Wildman–Crippen LogP) is 4.72. The summed E-state index contributed by atoms with van der Waals surface area (Å²) in [5.41, 5.74) is 0.817. The van der Waals surface area contributed by atoms with Gasteiger partial charge in [-0.1, -0.05) is 35.9 Å². The van der Waals surface area contributed by atoms with Gasteiger partial charge in [-0.2, -0.15) is 13.2 Å². The molecule has 0 aliphatic rings. The van der Waals surface area contributed by atoms with E-state index < -0.39 is 17.8 Å². The Bertz CT molecular complexity index is 660. The van der Waals surface area contributed by atoms with Gasteiger partial charge in [-0.15, -0.1) is 0 Å². The van der Waals surface area contributed by atoms with Crippen molar-refractivity contribution in [1.82, 2.24) is 0 Å². The lowest BCUT2D eigenvalue weighted by Gasteiger charge is -2.18. The van der Waals surface area contributed by atoms with Crippen LogP contribution in [0.3, 0.4) is 0 Å². The van der Waals surface area contributed by atoms with Crippen molar-refractivity contribution >= 4 is 5.78 Å². The molecule has 0 aromatic heterocycles. The number of Topliss-reactive ketones (excluding diaryl/α,β-unsaturated/α-hetero) is 1. The summed E-state index contributed by atoms with van der Waals surface area (Å²) < 4.78 is 43.6. The molecule has 2 aromatic carbocycles. The van der Waals surface area contributed by atoms with Gasteiger partial charge in [0, 0.05) is 0 Å².